The first-order valence-corrected chi connectivity index (χ1v) is 10.7. The van der Waals surface area contributed by atoms with Gasteiger partial charge in [-0.2, -0.15) is 5.10 Å². The summed E-state index contributed by atoms with van der Waals surface area (Å²) in [7, 11) is 0. The van der Waals surface area contributed by atoms with Gasteiger partial charge in [0, 0.05) is 28.6 Å². The van der Waals surface area contributed by atoms with Crippen LogP contribution in [0.1, 0.15) is 61.2 Å². The van der Waals surface area contributed by atoms with Gasteiger partial charge >= 0.3 is 0 Å². The second-order valence-electron chi connectivity index (χ2n) is 8.26. The fraction of sp³-hybridized carbons (Fsp3) is 0.458. The van der Waals surface area contributed by atoms with Crippen LogP contribution in [0, 0.1) is 20.8 Å². The molecule has 1 aliphatic rings. The molecule has 2 heterocycles. The molecule has 0 aliphatic heterocycles. The number of aryl methyl sites for hydroxylation is 3. The van der Waals surface area contributed by atoms with Gasteiger partial charge in [-0.05, 0) is 39.2 Å². The quantitative estimate of drug-likeness (QED) is 0.657. The summed E-state index contributed by atoms with van der Waals surface area (Å²) in [5.74, 6) is 0.0939. The highest BCUT2D eigenvalue weighted by Crippen LogP contribution is 2.29. The van der Waals surface area contributed by atoms with E-state index in [1.165, 1.54) is 25.7 Å². The monoisotopic (exact) mass is 390 g/mol. The van der Waals surface area contributed by atoms with E-state index in [0.717, 1.165) is 52.3 Å². The molecule has 5 nitrogen and oxygen atoms in total. The normalized spacial score (nSPS) is 15.4. The van der Waals surface area contributed by atoms with Gasteiger partial charge in [0.2, 0.25) is 5.91 Å². The number of hydrogen-bond acceptors (Lipinski definition) is 3. The van der Waals surface area contributed by atoms with Gasteiger partial charge in [-0.25, -0.2) is 9.50 Å². The topological polar surface area (TPSA) is 59.3 Å². The first-order chi connectivity index (χ1) is 14.0. The van der Waals surface area contributed by atoms with Crippen LogP contribution < -0.4 is 5.32 Å². The van der Waals surface area contributed by atoms with Gasteiger partial charge in [-0.15, -0.1) is 0 Å². The fourth-order valence-electron chi connectivity index (χ4n) is 4.53. The van der Waals surface area contributed by atoms with Gasteiger partial charge in [-0.3, -0.25) is 4.79 Å². The highest BCUT2D eigenvalue weighted by molar-refractivity contribution is 5.82. The van der Waals surface area contributed by atoms with E-state index < -0.39 is 0 Å². The van der Waals surface area contributed by atoms with E-state index in [9.17, 15) is 4.79 Å². The molecule has 29 heavy (non-hydrogen) atoms. The van der Waals surface area contributed by atoms with E-state index in [0.29, 0.717) is 12.5 Å². The maximum absolute atomic E-state index is 12.8. The van der Waals surface area contributed by atoms with Crippen molar-refractivity contribution in [2.75, 3.05) is 0 Å². The van der Waals surface area contributed by atoms with Crippen LogP contribution in [0.4, 0.5) is 0 Å². The molecule has 152 valence electrons. The zero-order chi connectivity index (χ0) is 20.4. The molecule has 0 unspecified atom stereocenters. The number of rotatable bonds is 4. The lowest BCUT2D eigenvalue weighted by molar-refractivity contribution is -0.121. The Labute approximate surface area is 172 Å². The second-order valence-corrected chi connectivity index (χ2v) is 8.26. The molecule has 2 aromatic heterocycles. The lowest BCUT2D eigenvalue weighted by Gasteiger charge is -2.17. The average Bonchev–Trinajstić information content (AvgIpc) is 2.87. The molecule has 0 radical (unpaired) electrons. The van der Waals surface area contributed by atoms with Crippen LogP contribution in [0.2, 0.25) is 0 Å². The molecule has 5 heteroatoms. The van der Waals surface area contributed by atoms with Crippen molar-refractivity contribution < 1.29 is 4.79 Å². The van der Waals surface area contributed by atoms with Crippen LogP contribution in [0.5, 0.6) is 0 Å². The molecule has 3 aromatic rings. The molecule has 0 atom stereocenters. The smallest absolute Gasteiger partial charge is 0.224 e. The predicted octanol–water partition coefficient (Wildman–Crippen LogP) is 4.70. The standard InChI is InChI=1S/C24H30N4O/c1-16-21(15-22(29)26-20-13-9-4-5-10-14-20)18(3)28-24(25-16)23(17(2)27-28)19-11-7-6-8-12-19/h6-8,11-12,20H,4-5,9-10,13-15H2,1-3H3,(H,26,29). The summed E-state index contributed by atoms with van der Waals surface area (Å²) >= 11 is 0. The van der Waals surface area contributed by atoms with E-state index in [1.54, 1.807) is 0 Å². The Morgan fingerprint density at radius 1 is 1.03 bits per heavy atom. The van der Waals surface area contributed by atoms with E-state index in [4.69, 9.17) is 10.1 Å². The first-order valence-electron chi connectivity index (χ1n) is 10.7. The molecule has 1 amide bonds. The van der Waals surface area contributed by atoms with Crippen LogP contribution in [0.15, 0.2) is 30.3 Å². The molecule has 1 aromatic carbocycles. The van der Waals surface area contributed by atoms with Crippen molar-refractivity contribution >= 4 is 11.6 Å². The Morgan fingerprint density at radius 2 is 1.72 bits per heavy atom. The number of nitrogens with one attached hydrogen (secondary N) is 1. The summed E-state index contributed by atoms with van der Waals surface area (Å²) in [6, 6.07) is 10.6. The number of carbonyl (C=O) groups is 1. The number of hydrogen-bond donors (Lipinski definition) is 1. The van der Waals surface area contributed by atoms with Crippen molar-refractivity contribution in [1.82, 2.24) is 19.9 Å². The van der Waals surface area contributed by atoms with E-state index in [1.807, 2.05) is 43.5 Å². The third kappa shape index (κ3) is 4.04. The lowest BCUT2D eigenvalue weighted by atomic mass is 10.0. The summed E-state index contributed by atoms with van der Waals surface area (Å²) in [4.78, 5) is 17.6. The average molecular weight is 391 g/mol. The fourth-order valence-corrected chi connectivity index (χ4v) is 4.53. The zero-order valence-electron chi connectivity index (χ0n) is 17.7. The molecular formula is C24H30N4O. The van der Waals surface area contributed by atoms with E-state index in [2.05, 4.69) is 17.4 Å². The van der Waals surface area contributed by atoms with Crippen molar-refractivity contribution in [3.63, 3.8) is 0 Å². The largest absolute Gasteiger partial charge is 0.353 e. The Bertz CT molecular complexity index is 1010. The van der Waals surface area contributed by atoms with Crippen LogP contribution in [0.3, 0.4) is 0 Å². The summed E-state index contributed by atoms with van der Waals surface area (Å²) in [5.41, 5.74) is 6.86. The molecule has 4 rings (SSSR count). The maximum atomic E-state index is 12.8. The summed E-state index contributed by atoms with van der Waals surface area (Å²) < 4.78 is 1.90. The number of carbonyl (C=O) groups excluding carboxylic acids is 1. The van der Waals surface area contributed by atoms with Gasteiger partial charge in [0.05, 0.1) is 12.1 Å². The summed E-state index contributed by atoms with van der Waals surface area (Å²) in [6.07, 6.45) is 7.55. The molecule has 0 spiro atoms. The van der Waals surface area contributed by atoms with Crippen molar-refractivity contribution in [2.45, 2.75) is 71.8 Å². The van der Waals surface area contributed by atoms with Gasteiger partial charge in [-0.1, -0.05) is 56.0 Å². The highest BCUT2D eigenvalue weighted by atomic mass is 16.1. The van der Waals surface area contributed by atoms with Crippen LogP contribution in [0.25, 0.3) is 16.8 Å². The van der Waals surface area contributed by atoms with Gasteiger partial charge in [0.25, 0.3) is 0 Å². The number of fused-ring (bicyclic) bond motifs is 1. The van der Waals surface area contributed by atoms with Gasteiger partial charge < -0.3 is 5.32 Å². The minimum absolute atomic E-state index is 0.0939. The molecule has 1 aliphatic carbocycles. The van der Waals surface area contributed by atoms with Crippen molar-refractivity contribution in [2.24, 2.45) is 0 Å². The Balaban J connectivity index is 1.63. The second kappa shape index (κ2) is 8.36. The third-order valence-corrected chi connectivity index (χ3v) is 6.12. The Morgan fingerprint density at radius 3 is 2.41 bits per heavy atom. The van der Waals surface area contributed by atoms with Gasteiger partial charge in [0.15, 0.2) is 5.65 Å². The molecule has 1 N–H and O–H groups in total. The number of amides is 1. The molecule has 0 bridgehead atoms. The summed E-state index contributed by atoms with van der Waals surface area (Å²) in [6.45, 7) is 6.06. The molecule has 1 saturated carbocycles. The maximum Gasteiger partial charge on any atom is 0.224 e. The van der Waals surface area contributed by atoms with Crippen molar-refractivity contribution in [1.29, 1.82) is 0 Å². The van der Waals surface area contributed by atoms with Crippen molar-refractivity contribution in [3.05, 3.63) is 53.0 Å². The molecular weight excluding hydrogens is 360 g/mol. The van der Waals surface area contributed by atoms with Crippen LogP contribution in [-0.4, -0.2) is 26.5 Å². The minimum Gasteiger partial charge on any atom is -0.353 e. The third-order valence-electron chi connectivity index (χ3n) is 6.12. The first kappa shape index (κ1) is 19.6. The Kier molecular flexibility index (Phi) is 5.65. The van der Waals surface area contributed by atoms with E-state index >= 15 is 0 Å². The van der Waals surface area contributed by atoms with E-state index in [-0.39, 0.29) is 5.91 Å². The number of nitrogens with zero attached hydrogens (tertiary/aromatic N) is 3. The van der Waals surface area contributed by atoms with Crippen LogP contribution in [-0.2, 0) is 11.2 Å². The zero-order valence-corrected chi connectivity index (χ0v) is 17.7. The molecule has 0 saturated heterocycles. The Hall–Kier alpha value is -2.69. The number of aromatic nitrogens is 3. The number of benzene rings is 1. The lowest BCUT2D eigenvalue weighted by Crippen LogP contribution is -2.35. The van der Waals surface area contributed by atoms with Crippen molar-refractivity contribution in [3.8, 4) is 11.1 Å². The highest BCUT2D eigenvalue weighted by Gasteiger charge is 2.20. The summed E-state index contributed by atoms with van der Waals surface area (Å²) in [5, 5.41) is 8.00. The SMILES string of the molecule is Cc1nc2c(-c3ccccc3)c(C)nn2c(C)c1CC(=O)NC1CCCCCC1. The minimum atomic E-state index is 0.0939. The molecule has 1 fully saturated rings. The van der Waals surface area contributed by atoms with Crippen LogP contribution >= 0.6 is 0 Å². The predicted molar refractivity (Wildman–Crippen MR) is 116 cm³/mol. The van der Waals surface area contributed by atoms with Gasteiger partial charge in [0.1, 0.15) is 0 Å².